The molecular weight excluding hydrogens is 286 g/mol. The molecule has 0 spiro atoms. The van der Waals surface area contributed by atoms with Crippen molar-refractivity contribution in [2.24, 2.45) is 11.8 Å². The third kappa shape index (κ3) is 3.73. The fourth-order valence-electron chi connectivity index (χ4n) is 4.06. The van der Waals surface area contributed by atoms with Crippen molar-refractivity contribution in [3.63, 3.8) is 0 Å². The number of piperidine rings is 1. The average Bonchev–Trinajstić information content (AvgIpc) is 2.60. The van der Waals surface area contributed by atoms with Gasteiger partial charge in [0, 0.05) is 12.2 Å². The molecule has 1 aromatic carbocycles. The molecule has 1 heterocycles. The normalized spacial score (nSPS) is 25.9. The van der Waals surface area contributed by atoms with Crippen molar-refractivity contribution < 1.29 is 4.79 Å². The quantitative estimate of drug-likeness (QED) is 0.931. The number of rotatable bonds is 3. The van der Waals surface area contributed by atoms with Crippen LogP contribution in [0, 0.1) is 23.2 Å². The predicted molar refractivity (Wildman–Crippen MR) is 90.9 cm³/mol. The van der Waals surface area contributed by atoms with Gasteiger partial charge in [-0.15, -0.1) is 0 Å². The summed E-state index contributed by atoms with van der Waals surface area (Å²) in [6.07, 6.45) is 6.65. The van der Waals surface area contributed by atoms with Gasteiger partial charge in [0.1, 0.15) is 0 Å². The van der Waals surface area contributed by atoms with Gasteiger partial charge in [-0.05, 0) is 56.3 Å². The smallest absolute Gasteiger partial charge is 0.241 e. The minimum absolute atomic E-state index is 0.0225. The highest BCUT2D eigenvalue weighted by Crippen LogP contribution is 2.36. The molecular formula is C19H25N3O. The Morgan fingerprint density at radius 2 is 2.09 bits per heavy atom. The number of likely N-dealkylation sites (tertiary alicyclic amines) is 1. The van der Waals surface area contributed by atoms with E-state index in [1.165, 1.54) is 32.1 Å². The van der Waals surface area contributed by atoms with Crippen LogP contribution in [0.15, 0.2) is 24.3 Å². The summed E-state index contributed by atoms with van der Waals surface area (Å²) in [6, 6.07) is 9.07. The van der Waals surface area contributed by atoms with Gasteiger partial charge >= 0.3 is 0 Å². The number of fused-ring (bicyclic) bond motifs is 1. The number of carbonyl (C=O) groups is 1. The average molecular weight is 311 g/mol. The standard InChI is InChI=1S/C19H25N3O/c1-14(19(23)21-18-8-4-5-15(11-18)12-20)22-10-9-16-6-2-3-7-17(16)13-22/h4-5,8,11,14,16-17H,2-3,6-7,9-10,13H2,1H3,(H,21,23). The topological polar surface area (TPSA) is 56.1 Å². The molecule has 3 atom stereocenters. The van der Waals surface area contributed by atoms with E-state index in [1.54, 1.807) is 18.2 Å². The van der Waals surface area contributed by atoms with E-state index in [2.05, 4.69) is 16.3 Å². The van der Waals surface area contributed by atoms with E-state index in [-0.39, 0.29) is 11.9 Å². The highest BCUT2D eigenvalue weighted by molar-refractivity contribution is 5.94. The van der Waals surface area contributed by atoms with E-state index in [4.69, 9.17) is 5.26 Å². The molecule has 4 nitrogen and oxygen atoms in total. The van der Waals surface area contributed by atoms with Gasteiger partial charge in [0.2, 0.25) is 5.91 Å². The lowest BCUT2D eigenvalue weighted by Gasteiger charge is -2.43. The van der Waals surface area contributed by atoms with Crippen LogP contribution in [0.25, 0.3) is 0 Å². The van der Waals surface area contributed by atoms with Crippen molar-refractivity contribution >= 4 is 11.6 Å². The molecule has 4 heteroatoms. The zero-order valence-corrected chi connectivity index (χ0v) is 13.8. The molecule has 2 fully saturated rings. The highest BCUT2D eigenvalue weighted by Gasteiger charge is 2.34. The van der Waals surface area contributed by atoms with Crippen LogP contribution in [0.3, 0.4) is 0 Å². The molecule has 0 bridgehead atoms. The second-order valence-electron chi connectivity index (χ2n) is 6.95. The summed E-state index contributed by atoms with van der Waals surface area (Å²) in [5.41, 5.74) is 1.27. The maximum atomic E-state index is 12.5. The van der Waals surface area contributed by atoms with Gasteiger partial charge in [-0.25, -0.2) is 0 Å². The molecule has 1 saturated carbocycles. The Bertz CT molecular complexity index is 607. The number of carbonyl (C=O) groups excluding carboxylic acids is 1. The lowest BCUT2D eigenvalue weighted by atomic mass is 9.75. The van der Waals surface area contributed by atoms with Crippen LogP contribution in [0.2, 0.25) is 0 Å². The summed E-state index contributed by atoms with van der Waals surface area (Å²) >= 11 is 0. The Kier molecular flexibility index (Phi) is 4.97. The van der Waals surface area contributed by atoms with E-state index in [0.29, 0.717) is 11.3 Å². The Balaban J connectivity index is 1.60. The lowest BCUT2D eigenvalue weighted by molar-refractivity contribution is -0.122. The van der Waals surface area contributed by atoms with Crippen molar-refractivity contribution in [2.75, 3.05) is 18.4 Å². The van der Waals surface area contributed by atoms with Gasteiger partial charge < -0.3 is 5.32 Å². The number of hydrogen-bond donors (Lipinski definition) is 1. The van der Waals surface area contributed by atoms with E-state index in [1.807, 2.05) is 13.0 Å². The zero-order valence-electron chi connectivity index (χ0n) is 13.8. The Hall–Kier alpha value is -1.86. The molecule has 1 aromatic rings. The summed E-state index contributed by atoms with van der Waals surface area (Å²) in [5, 5.41) is 11.9. The molecule has 3 rings (SSSR count). The van der Waals surface area contributed by atoms with Crippen LogP contribution in [-0.4, -0.2) is 29.9 Å². The minimum Gasteiger partial charge on any atom is -0.325 e. The van der Waals surface area contributed by atoms with Crippen LogP contribution in [0.5, 0.6) is 0 Å². The second-order valence-corrected chi connectivity index (χ2v) is 6.95. The number of anilines is 1. The van der Waals surface area contributed by atoms with E-state index >= 15 is 0 Å². The molecule has 122 valence electrons. The fourth-order valence-corrected chi connectivity index (χ4v) is 4.06. The van der Waals surface area contributed by atoms with Crippen LogP contribution >= 0.6 is 0 Å². The number of hydrogen-bond acceptors (Lipinski definition) is 3. The van der Waals surface area contributed by atoms with Gasteiger partial charge in [-0.1, -0.05) is 25.3 Å². The lowest BCUT2D eigenvalue weighted by Crippen LogP contribution is -2.49. The number of amides is 1. The molecule has 0 aromatic heterocycles. The monoisotopic (exact) mass is 311 g/mol. The summed E-state index contributed by atoms with van der Waals surface area (Å²) in [5.74, 6) is 1.67. The minimum atomic E-state index is -0.122. The van der Waals surface area contributed by atoms with Gasteiger partial charge in [-0.2, -0.15) is 5.26 Å². The predicted octanol–water partition coefficient (Wildman–Crippen LogP) is 3.40. The summed E-state index contributed by atoms with van der Waals surface area (Å²) in [6.45, 7) is 4.07. The SMILES string of the molecule is CC(C(=O)Nc1cccc(C#N)c1)N1CCC2CCCCC2C1. The van der Waals surface area contributed by atoms with Crippen LogP contribution in [0.1, 0.15) is 44.6 Å². The number of nitriles is 1. The van der Waals surface area contributed by atoms with E-state index < -0.39 is 0 Å². The molecule has 1 saturated heterocycles. The van der Waals surface area contributed by atoms with Crippen LogP contribution in [-0.2, 0) is 4.79 Å². The molecule has 23 heavy (non-hydrogen) atoms. The third-order valence-electron chi connectivity index (χ3n) is 5.51. The summed E-state index contributed by atoms with van der Waals surface area (Å²) in [7, 11) is 0. The Morgan fingerprint density at radius 3 is 2.87 bits per heavy atom. The first kappa shape index (κ1) is 16.0. The Labute approximate surface area is 138 Å². The molecule has 0 radical (unpaired) electrons. The van der Waals surface area contributed by atoms with Gasteiger partial charge in [-0.3, -0.25) is 9.69 Å². The molecule has 1 amide bonds. The first-order valence-corrected chi connectivity index (χ1v) is 8.72. The number of nitrogens with one attached hydrogen (secondary N) is 1. The van der Waals surface area contributed by atoms with E-state index in [9.17, 15) is 4.79 Å². The summed E-state index contributed by atoms with van der Waals surface area (Å²) in [4.78, 5) is 14.9. The first-order chi connectivity index (χ1) is 11.2. The third-order valence-corrected chi connectivity index (χ3v) is 5.51. The largest absolute Gasteiger partial charge is 0.325 e. The van der Waals surface area contributed by atoms with Crippen molar-refractivity contribution in [3.05, 3.63) is 29.8 Å². The van der Waals surface area contributed by atoms with Gasteiger partial charge in [0.15, 0.2) is 0 Å². The number of nitrogens with zero attached hydrogens (tertiary/aromatic N) is 2. The molecule has 3 unspecified atom stereocenters. The zero-order chi connectivity index (χ0) is 16.2. The second kappa shape index (κ2) is 7.14. The maximum Gasteiger partial charge on any atom is 0.241 e. The first-order valence-electron chi connectivity index (χ1n) is 8.72. The number of benzene rings is 1. The fraction of sp³-hybridized carbons (Fsp3) is 0.579. The van der Waals surface area contributed by atoms with E-state index in [0.717, 1.165) is 24.9 Å². The van der Waals surface area contributed by atoms with Crippen molar-refractivity contribution in [1.82, 2.24) is 4.90 Å². The molecule has 1 aliphatic heterocycles. The molecule has 2 aliphatic rings. The van der Waals surface area contributed by atoms with Gasteiger partial charge in [0.05, 0.1) is 17.7 Å². The summed E-state index contributed by atoms with van der Waals surface area (Å²) < 4.78 is 0. The van der Waals surface area contributed by atoms with Crippen LogP contribution in [0.4, 0.5) is 5.69 Å². The highest BCUT2D eigenvalue weighted by atomic mass is 16.2. The van der Waals surface area contributed by atoms with Crippen LogP contribution < -0.4 is 5.32 Å². The molecule has 1 N–H and O–H groups in total. The van der Waals surface area contributed by atoms with Crippen molar-refractivity contribution in [1.29, 1.82) is 5.26 Å². The van der Waals surface area contributed by atoms with Gasteiger partial charge in [0.25, 0.3) is 0 Å². The molecule has 1 aliphatic carbocycles. The van der Waals surface area contributed by atoms with Crippen molar-refractivity contribution in [3.8, 4) is 6.07 Å². The maximum absolute atomic E-state index is 12.5. The Morgan fingerprint density at radius 1 is 1.30 bits per heavy atom. The van der Waals surface area contributed by atoms with Crippen molar-refractivity contribution in [2.45, 2.75) is 45.1 Å².